The lowest BCUT2D eigenvalue weighted by Gasteiger charge is -2.16. The largest absolute Gasteiger partial charge is 0.383 e. The maximum Gasteiger partial charge on any atom is 0.286 e. The summed E-state index contributed by atoms with van der Waals surface area (Å²) in [4.78, 5) is 3.66. The van der Waals surface area contributed by atoms with Crippen LogP contribution in [0, 0.1) is 0 Å². The molecule has 0 bridgehead atoms. The van der Waals surface area contributed by atoms with Crippen LogP contribution >= 0.6 is 0 Å². The molecule has 0 unspecified atom stereocenters. The van der Waals surface area contributed by atoms with Gasteiger partial charge in [-0.15, -0.1) is 0 Å². The highest BCUT2D eigenvalue weighted by molar-refractivity contribution is 5.15. The fourth-order valence-corrected chi connectivity index (χ4v) is 1.10. The second-order valence-electron chi connectivity index (χ2n) is 3.12. The topological polar surface area (TPSA) is 34.1 Å². The normalized spacial score (nSPS) is 11.7. The molecule has 1 aromatic heterocycles. The Morgan fingerprint density at radius 2 is 2.33 bits per heavy atom. The van der Waals surface area contributed by atoms with Gasteiger partial charge in [0.15, 0.2) is 0 Å². The van der Waals surface area contributed by atoms with Crippen LogP contribution < -0.4 is 5.32 Å². The quantitative estimate of drug-likeness (QED) is 0.730. The van der Waals surface area contributed by atoms with Gasteiger partial charge in [0.05, 0.1) is 13.2 Å². The SMILES string of the molecule is COCCNCC(F)(F)c1cccnc1. The minimum absolute atomic E-state index is 0.0742. The summed E-state index contributed by atoms with van der Waals surface area (Å²) in [6.45, 7) is 0.428. The number of hydrogen-bond donors (Lipinski definition) is 1. The minimum atomic E-state index is -2.89. The number of nitrogens with one attached hydrogen (secondary N) is 1. The van der Waals surface area contributed by atoms with Gasteiger partial charge < -0.3 is 10.1 Å². The Hall–Kier alpha value is -1.07. The highest BCUT2D eigenvalue weighted by Crippen LogP contribution is 2.25. The van der Waals surface area contributed by atoms with E-state index in [0.717, 1.165) is 0 Å². The zero-order chi connectivity index (χ0) is 11.1. The number of halogens is 2. The molecule has 15 heavy (non-hydrogen) atoms. The maximum absolute atomic E-state index is 13.4. The predicted octanol–water partition coefficient (Wildman–Crippen LogP) is 1.41. The first-order chi connectivity index (χ1) is 7.17. The van der Waals surface area contributed by atoms with Crippen LogP contribution in [0.1, 0.15) is 5.56 Å². The number of ether oxygens (including phenoxy) is 1. The Morgan fingerprint density at radius 1 is 1.53 bits per heavy atom. The molecule has 0 radical (unpaired) electrons. The molecule has 0 atom stereocenters. The molecule has 84 valence electrons. The average molecular weight is 216 g/mol. The summed E-state index contributed by atoms with van der Waals surface area (Å²) in [5.41, 5.74) is -0.0742. The standard InChI is InChI=1S/C10H14F2N2O/c1-15-6-5-14-8-10(11,12)9-3-2-4-13-7-9/h2-4,7,14H,5-6,8H2,1H3. The minimum Gasteiger partial charge on any atom is -0.383 e. The molecule has 1 N–H and O–H groups in total. The van der Waals surface area contributed by atoms with E-state index in [9.17, 15) is 8.78 Å². The van der Waals surface area contributed by atoms with E-state index in [0.29, 0.717) is 13.2 Å². The van der Waals surface area contributed by atoms with Crippen molar-refractivity contribution in [2.45, 2.75) is 5.92 Å². The fourth-order valence-electron chi connectivity index (χ4n) is 1.10. The summed E-state index contributed by atoms with van der Waals surface area (Å²) in [5, 5.41) is 2.62. The Labute approximate surface area is 87.5 Å². The van der Waals surface area contributed by atoms with Crippen molar-refractivity contribution >= 4 is 0 Å². The third-order valence-electron chi connectivity index (χ3n) is 1.91. The lowest BCUT2D eigenvalue weighted by molar-refractivity contribution is -0.00447. The van der Waals surface area contributed by atoms with Crippen LogP contribution in [0.5, 0.6) is 0 Å². The lowest BCUT2D eigenvalue weighted by atomic mass is 10.1. The first-order valence-corrected chi connectivity index (χ1v) is 4.65. The molecule has 0 aromatic carbocycles. The number of hydrogen-bond acceptors (Lipinski definition) is 3. The van der Waals surface area contributed by atoms with Gasteiger partial charge in [0.25, 0.3) is 5.92 Å². The molecule has 0 amide bonds. The van der Waals surface area contributed by atoms with Crippen molar-refractivity contribution in [2.75, 3.05) is 26.8 Å². The van der Waals surface area contributed by atoms with Crippen LogP contribution in [0.2, 0.25) is 0 Å². The van der Waals surface area contributed by atoms with E-state index in [2.05, 4.69) is 10.3 Å². The molecule has 0 spiro atoms. The second kappa shape index (κ2) is 5.72. The Kier molecular flexibility index (Phi) is 4.58. The third-order valence-corrected chi connectivity index (χ3v) is 1.91. The van der Waals surface area contributed by atoms with E-state index in [4.69, 9.17) is 4.74 Å². The van der Waals surface area contributed by atoms with E-state index in [1.165, 1.54) is 31.6 Å². The Balaban J connectivity index is 2.45. The van der Waals surface area contributed by atoms with Crippen LogP contribution in [-0.4, -0.2) is 31.8 Å². The van der Waals surface area contributed by atoms with Gasteiger partial charge in [-0.3, -0.25) is 4.98 Å². The van der Waals surface area contributed by atoms with Crippen LogP contribution in [-0.2, 0) is 10.7 Å². The number of aromatic nitrogens is 1. The first kappa shape index (κ1) is 12.0. The van der Waals surface area contributed by atoms with Gasteiger partial charge in [-0.05, 0) is 12.1 Å². The molecule has 1 heterocycles. The van der Waals surface area contributed by atoms with Gasteiger partial charge in [0.2, 0.25) is 0 Å². The van der Waals surface area contributed by atoms with Gasteiger partial charge in [-0.2, -0.15) is 8.78 Å². The molecular formula is C10H14F2N2O. The number of pyridine rings is 1. The van der Waals surface area contributed by atoms with Crippen molar-refractivity contribution in [3.05, 3.63) is 30.1 Å². The van der Waals surface area contributed by atoms with E-state index in [1.807, 2.05) is 0 Å². The van der Waals surface area contributed by atoms with Gasteiger partial charge >= 0.3 is 0 Å². The first-order valence-electron chi connectivity index (χ1n) is 4.65. The smallest absolute Gasteiger partial charge is 0.286 e. The van der Waals surface area contributed by atoms with Crippen LogP contribution in [0.4, 0.5) is 8.78 Å². The average Bonchev–Trinajstić information content (AvgIpc) is 2.26. The number of methoxy groups -OCH3 is 1. The number of rotatable bonds is 6. The molecule has 1 aromatic rings. The molecule has 5 heteroatoms. The number of nitrogens with zero attached hydrogens (tertiary/aromatic N) is 1. The zero-order valence-corrected chi connectivity index (χ0v) is 8.54. The molecular weight excluding hydrogens is 202 g/mol. The van der Waals surface area contributed by atoms with E-state index in [-0.39, 0.29) is 5.56 Å². The molecule has 0 aliphatic carbocycles. The molecule has 0 fully saturated rings. The summed E-state index contributed by atoms with van der Waals surface area (Å²) in [6.07, 6.45) is 2.65. The molecule has 0 saturated heterocycles. The molecule has 0 aliphatic rings. The highest BCUT2D eigenvalue weighted by Gasteiger charge is 2.30. The van der Waals surface area contributed by atoms with Crippen molar-refractivity contribution in [1.29, 1.82) is 0 Å². The molecule has 0 aliphatic heterocycles. The Morgan fingerprint density at radius 3 is 2.93 bits per heavy atom. The molecule has 0 saturated carbocycles. The van der Waals surface area contributed by atoms with Gasteiger partial charge in [-0.1, -0.05) is 0 Å². The van der Waals surface area contributed by atoms with E-state index in [1.54, 1.807) is 0 Å². The lowest BCUT2D eigenvalue weighted by Crippen LogP contribution is -2.32. The zero-order valence-electron chi connectivity index (χ0n) is 8.54. The van der Waals surface area contributed by atoms with Gasteiger partial charge in [0.1, 0.15) is 0 Å². The number of alkyl halides is 2. The van der Waals surface area contributed by atoms with Crippen molar-refractivity contribution < 1.29 is 13.5 Å². The van der Waals surface area contributed by atoms with Crippen molar-refractivity contribution in [3.8, 4) is 0 Å². The summed E-state index contributed by atoms with van der Waals surface area (Å²) < 4.78 is 31.6. The van der Waals surface area contributed by atoms with Crippen LogP contribution in [0.3, 0.4) is 0 Å². The summed E-state index contributed by atoms with van der Waals surface area (Å²) in [6, 6.07) is 2.86. The second-order valence-corrected chi connectivity index (χ2v) is 3.12. The summed E-state index contributed by atoms with van der Waals surface area (Å²) in [7, 11) is 1.53. The fraction of sp³-hybridized carbons (Fsp3) is 0.500. The van der Waals surface area contributed by atoms with Gasteiger partial charge in [0, 0.05) is 31.6 Å². The molecule has 1 rings (SSSR count). The Bertz CT molecular complexity index is 280. The highest BCUT2D eigenvalue weighted by atomic mass is 19.3. The summed E-state index contributed by atoms with van der Waals surface area (Å²) in [5.74, 6) is -2.89. The summed E-state index contributed by atoms with van der Waals surface area (Å²) >= 11 is 0. The third kappa shape index (κ3) is 3.89. The van der Waals surface area contributed by atoms with Crippen LogP contribution in [0.25, 0.3) is 0 Å². The monoisotopic (exact) mass is 216 g/mol. The van der Waals surface area contributed by atoms with E-state index < -0.39 is 12.5 Å². The van der Waals surface area contributed by atoms with E-state index >= 15 is 0 Å². The maximum atomic E-state index is 13.4. The molecule has 3 nitrogen and oxygen atoms in total. The van der Waals surface area contributed by atoms with Gasteiger partial charge in [-0.25, -0.2) is 0 Å². The van der Waals surface area contributed by atoms with Crippen molar-refractivity contribution in [3.63, 3.8) is 0 Å². The van der Waals surface area contributed by atoms with Crippen LogP contribution in [0.15, 0.2) is 24.5 Å². The predicted molar refractivity (Wildman–Crippen MR) is 52.9 cm³/mol. The van der Waals surface area contributed by atoms with Crippen molar-refractivity contribution in [2.24, 2.45) is 0 Å². The van der Waals surface area contributed by atoms with Crippen molar-refractivity contribution in [1.82, 2.24) is 10.3 Å².